The van der Waals surface area contributed by atoms with Crippen LogP contribution in [0.2, 0.25) is 0 Å². The first-order valence-electron chi connectivity index (χ1n) is 8.95. The summed E-state index contributed by atoms with van der Waals surface area (Å²) in [4.78, 5) is 12.3. The molecule has 2 aliphatic rings. The molecule has 0 saturated heterocycles. The molecule has 0 bridgehead atoms. The molecule has 5 nitrogen and oxygen atoms in total. The number of hydrogen-bond donors (Lipinski definition) is 1. The van der Waals surface area contributed by atoms with Crippen molar-refractivity contribution in [3.05, 3.63) is 5.82 Å². The maximum Gasteiger partial charge on any atom is 0.230 e. The zero-order valence-corrected chi connectivity index (χ0v) is 15.2. The quantitative estimate of drug-likeness (QED) is 0.810. The third-order valence-corrected chi connectivity index (χ3v) is 6.36. The van der Waals surface area contributed by atoms with Gasteiger partial charge in [-0.05, 0) is 38.0 Å². The maximum absolute atomic E-state index is 12.3. The Morgan fingerprint density at radius 1 is 1.26 bits per heavy atom. The Balaban J connectivity index is 1.53. The lowest BCUT2D eigenvalue weighted by molar-refractivity contribution is -0.120. The van der Waals surface area contributed by atoms with Crippen LogP contribution in [0.1, 0.15) is 64.6 Å². The van der Waals surface area contributed by atoms with Crippen molar-refractivity contribution >= 4 is 17.7 Å². The standard InChI is InChI=1S/C17H28N4OS/c1-4-21-16(13-8-9-13)19-20-17(21)23-10-15(22)18-14-7-5-6-11(2)12(14)3/h11-14H,4-10H2,1-3H3,(H,18,22). The molecule has 1 heterocycles. The van der Waals surface area contributed by atoms with Gasteiger partial charge >= 0.3 is 0 Å². The number of aromatic nitrogens is 3. The van der Waals surface area contributed by atoms with Crippen LogP contribution in [-0.4, -0.2) is 32.5 Å². The predicted octanol–water partition coefficient (Wildman–Crippen LogP) is 3.21. The van der Waals surface area contributed by atoms with Crippen molar-refractivity contribution in [3.8, 4) is 0 Å². The zero-order valence-electron chi connectivity index (χ0n) is 14.4. The molecule has 2 saturated carbocycles. The molecule has 1 N–H and O–H groups in total. The van der Waals surface area contributed by atoms with E-state index >= 15 is 0 Å². The number of carbonyl (C=O) groups is 1. The van der Waals surface area contributed by atoms with Crippen molar-refractivity contribution < 1.29 is 4.79 Å². The van der Waals surface area contributed by atoms with Crippen LogP contribution in [0.25, 0.3) is 0 Å². The smallest absolute Gasteiger partial charge is 0.230 e. The van der Waals surface area contributed by atoms with E-state index in [1.165, 1.54) is 37.4 Å². The largest absolute Gasteiger partial charge is 0.352 e. The van der Waals surface area contributed by atoms with E-state index in [4.69, 9.17) is 0 Å². The van der Waals surface area contributed by atoms with Gasteiger partial charge in [0.25, 0.3) is 0 Å². The van der Waals surface area contributed by atoms with Gasteiger partial charge in [-0.1, -0.05) is 38.5 Å². The van der Waals surface area contributed by atoms with Gasteiger partial charge < -0.3 is 9.88 Å². The Kier molecular flexibility index (Phi) is 5.29. The SMILES string of the molecule is CCn1c(SCC(=O)NC2CCCC(C)C2C)nnc1C1CC1. The van der Waals surface area contributed by atoms with Crippen molar-refractivity contribution in [2.45, 2.75) is 76.5 Å². The number of thioether (sulfide) groups is 1. The lowest BCUT2D eigenvalue weighted by Crippen LogP contribution is -2.44. The molecule has 3 unspecified atom stereocenters. The molecule has 3 atom stereocenters. The van der Waals surface area contributed by atoms with Crippen molar-refractivity contribution in [1.29, 1.82) is 0 Å². The first-order chi connectivity index (χ1) is 11.1. The van der Waals surface area contributed by atoms with Crippen LogP contribution >= 0.6 is 11.8 Å². The first kappa shape index (κ1) is 16.8. The highest BCUT2D eigenvalue weighted by molar-refractivity contribution is 7.99. The summed E-state index contributed by atoms with van der Waals surface area (Å²) >= 11 is 1.51. The first-order valence-corrected chi connectivity index (χ1v) is 9.94. The average Bonchev–Trinajstić information content (AvgIpc) is 3.30. The molecule has 2 aliphatic carbocycles. The number of amides is 1. The van der Waals surface area contributed by atoms with Crippen LogP contribution in [0.4, 0.5) is 0 Å². The minimum Gasteiger partial charge on any atom is -0.352 e. The molecule has 1 aromatic rings. The van der Waals surface area contributed by atoms with Gasteiger partial charge in [0.05, 0.1) is 5.75 Å². The zero-order chi connectivity index (χ0) is 16.4. The molecular weight excluding hydrogens is 308 g/mol. The molecule has 0 aromatic carbocycles. The summed E-state index contributed by atoms with van der Waals surface area (Å²) in [6.07, 6.45) is 6.06. The van der Waals surface area contributed by atoms with Crippen molar-refractivity contribution in [2.75, 3.05) is 5.75 Å². The van der Waals surface area contributed by atoms with Crippen LogP contribution in [0.15, 0.2) is 5.16 Å². The Labute approximate surface area is 143 Å². The van der Waals surface area contributed by atoms with Crippen LogP contribution in [0.3, 0.4) is 0 Å². The van der Waals surface area contributed by atoms with Gasteiger partial charge in [0, 0.05) is 18.5 Å². The van der Waals surface area contributed by atoms with E-state index in [9.17, 15) is 4.79 Å². The van der Waals surface area contributed by atoms with E-state index in [2.05, 4.69) is 40.9 Å². The molecule has 6 heteroatoms. The summed E-state index contributed by atoms with van der Waals surface area (Å²) in [6, 6.07) is 0.331. The maximum atomic E-state index is 12.3. The number of hydrogen-bond acceptors (Lipinski definition) is 4. The Bertz CT molecular complexity index is 555. The molecule has 0 spiro atoms. The van der Waals surface area contributed by atoms with Crippen molar-refractivity contribution in [1.82, 2.24) is 20.1 Å². The predicted molar refractivity (Wildman–Crippen MR) is 92.5 cm³/mol. The van der Waals surface area contributed by atoms with Crippen molar-refractivity contribution in [3.63, 3.8) is 0 Å². The third kappa shape index (κ3) is 3.90. The summed E-state index contributed by atoms with van der Waals surface area (Å²) in [6.45, 7) is 7.54. The monoisotopic (exact) mass is 336 g/mol. The summed E-state index contributed by atoms with van der Waals surface area (Å²) in [5.41, 5.74) is 0. The molecule has 1 amide bonds. The Hall–Kier alpha value is -1.04. The van der Waals surface area contributed by atoms with Crippen LogP contribution < -0.4 is 5.32 Å². The Morgan fingerprint density at radius 2 is 2.04 bits per heavy atom. The minimum atomic E-state index is 0.125. The molecule has 0 aliphatic heterocycles. The summed E-state index contributed by atoms with van der Waals surface area (Å²) in [5, 5.41) is 12.7. The lowest BCUT2D eigenvalue weighted by Gasteiger charge is -2.34. The molecule has 2 fully saturated rings. The fourth-order valence-electron chi connectivity index (χ4n) is 3.51. The van der Waals surface area contributed by atoms with E-state index in [0.29, 0.717) is 29.5 Å². The number of carbonyl (C=O) groups excluding carboxylic acids is 1. The highest BCUT2D eigenvalue weighted by Gasteiger charge is 2.30. The van der Waals surface area contributed by atoms with E-state index in [1.807, 2.05) is 0 Å². The number of nitrogens with zero attached hydrogens (tertiary/aromatic N) is 3. The van der Waals surface area contributed by atoms with Gasteiger partial charge in [-0.3, -0.25) is 4.79 Å². The van der Waals surface area contributed by atoms with E-state index < -0.39 is 0 Å². The molecule has 0 radical (unpaired) electrons. The molecule has 23 heavy (non-hydrogen) atoms. The van der Waals surface area contributed by atoms with Crippen LogP contribution in [0.5, 0.6) is 0 Å². The molecule has 128 valence electrons. The second-order valence-corrected chi connectivity index (χ2v) is 8.03. The number of rotatable bonds is 6. The van der Waals surface area contributed by atoms with E-state index in [-0.39, 0.29) is 5.91 Å². The van der Waals surface area contributed by atoms with Gasteiger partial charge in [0.1, 0.15) is 5.82 Å². The van der Waals surface area contributed by atoms with Gasteiger partial charge in [-0.25, -0.2) is 0 Å². The minimum absolute atomic E-state index is 0.125. The molecule has 3 rings (SSSR count). The normalized spacial score (nSPS) is 27.9. The fraction of sp³-hybridized carbons (Fsp3) is 0.824. The van der Waals surface area contributed by atoms with Gasteiger partial charge in [-0.2, -0.15) is 0 Å². The summed E-state index contributed by atoms with van der Waals surface area (Å²) in [7, 11) is 0. The molecule has 1 aromatic heterocycles. The van der Waals surface area contributed by atoms with Crippen molar-refractivity contribution in [2.24, 2.45) is 11.8 Å². The highest BCUT2D eigenvalue weighted by atomic mass is 32.2. The van der Waals surface area contributed by atoms with E-state index in [1.54, 1.807) is 0 Å². The summed E-state index contributed by atoms with van der Waals surface area (Å²) < 4.78 is 2.17. The van der Waals surface area contributed by atoms with Gasteiger partial charge in [0.2, 0.25) is 5.91 Å². The van der Waals surface area contributed by atoms with Gasteiger partial charge in [-0.15, -0.1) is 10.2 Å². The lowest BCUT2D eigenvalue weighted by atomic mass is 9.78. The van der Waals surface area contributed by atoms with Crippen LogP contribution in [0, 0.1) is 11.8 Å². The summed E-state index contributed by atoms with van der Waals surface area (Å²) in [5.74, 6) is 3.52. The van der Waals surface area contributed by atoms with Crippen LogP contribution in [-0.2, 0) is 11.3 Å². The van der Waals surface area contributed by atoms with E-state index in [0.717, 1.165) is 23.9 Å². The topological polar surface area (TPSA) is 59.8 Å². The average molecular weight is 337 g/mol. The highest BCUT2D eigenvalue weighted by Crippen LogP contribution is 2.40. The second-order valence-electron chi connectivity index (χ2n) is 7.09. The Morgan fingerprint density at radius 3 is 2.74 bits per heavy atom. The fourth-order valence-corrected chi connectivity index (χ4v) is 4.33. The third-order valence-electron chi connectivity index (χ3n) is 5.39. The number of nitrogens with one attached hydrogen (secondary N) is 1. The molecular formula is C17H28N4OS. The van der Waals surface area contributed by atoms with Gasteiger partial charge in [0.15, 0.2) is 5.16 Å². The second kappa shape index (κ2) is 7.24.